The van der Waals surface area contributed by atoms with E-state index in [4.69, 9.17) is 4.74 Å². The zero-order chi connectivity index (χ0) is 20.1. The van der Waals surface area contributed by atoms with Gasteiger partial charge >= 0.3 is 0 Å². The number of fused-ring (bicyclic) bond motifs is 1. The van der Waals surface area contributed by atoms with Gasteiger partial charge in [-0.15, -0.1) is 0 Å². The number of carbonyl (C=O) groups is 2. The monoisotopic (exact) mass is 376 g/mol. The van der Waals surface area contributed by atoms with Gasteiger partial charge in [0.05, 0.1) is 12.7 Å². The lowest BCUT2D eigenvalue weighted by molar-refractivity contribution is 0.0772. The topological polar surface area (TPSA) is 58.6 Å². The molecule has 5 nitrogen and oxygen atoms in total. The zero-order valence-corrected chi connectivity index (χ0v) is 16.4. The van der Waals surface area contributed by atoms with E-state index in [9.17, 15) is 9.59 Å². The largest absolute Gasteiger partial charge is 0.496 e. The summed E-state index contributed by atoms with van der Waals surface area (Å²) < 4.78 is 5.41. The van der Waals surface area contributed by atoms with Gasteiger partial charge in [-0.1, -0.05) is 30.3 Å². The van der Waals surface area contributed by atoms with Gasteiger partial charge in [0, 0.05) is 24.3 Å². The molecule has 0 atom stereocenters. The summed E-state index contributed by atoms with van der Waals surface area (Å²) in [6.45, 7) is 5.17. The highest BCUT2D eigenvalue weighted by Gasteiger charge is 2.16. The second-order valence-electron chi connectivity index (χ2n) is 6.41. The van der Waals surface area contributed by atoms with Gasteiger partial charge in [-0.25, -0.2) is 0 Å². The van der Waals surface area contributed by atoms with Gasteiger partial charge in [0.2, 0.25) is 0 Å². The summed E-state index contributed by atoms with van der Waals surface area (Å²) in [6.07, 6.45) is 0. The maximum absolute atomic E-state index is 12.9. The van der Waals surface area contributed by atoms with E-state index >= 15 is 0 Å². The number of hydrogen-bond acceptors (Lipinski definition) is 3. The molecule has 0 aromatic heterocycles. The Morgan fingerprint density at radius 3 is 2.25 bits per heavy atom. The number of benzene rings is 3. The van der Waals surface area contributed by atoms with Crippen LogP contribution in [-0.2, 0) is 0 Å². The lowest BCUT2D eigenvalue weighted by Crippen LogP contribution is -2.30. The van der Waals surface area contributed by atoms with Crippen LogP contribution in [0.3, 0.4) is 0 Å². The minimum Gasteiger partial charge on any atom is -0.496 e. The molecular weight excluding hydrogens is 352 g/mol. The molecular formula is C23H24N2O3. The highest BCUT2D eigenvalue weighted by molar-refractivity contribution is 6.09. The molecule has 0 saturated carbocycles. The Hall–Kier alpha value is -3.34. The Balaban J connectivity index is 1.88. The van der Waals surface area contributed by atoms with E-state index in [1.807, 2.05) is 50.2 Å². The highest BCUT2D eigenvalue weighted by atomic mass is 16.5. The fourth-order valence-corrected chi connectivity index (χ4v) is 3.19. The van der Waals surface area contributed by atoms with E-state index in [-0.39, 0.29) is 11.8 Å². The Bertz CT molecular complexity index is 1010. The van der Waals surface area contributed by atoms with Gasteiger partial charge in [0.15, 0.2) is 0 Å². The number of rotatable bonds is 6. The molecule has 5 heteroatoms. The van der Waals surface area contributed by atoms with Crippen molar-refractivity contribution in [3.8, 4) is 5.75 Å². The zero-order valence-electron chi connectivity index (χ0n) is 16.4. The van der Waals surface area contributed by atoms with Crippen LogP contribution in [0.1, 0.15) is 34.6 Å². The first-order chi connectivity index (χ1) is 13.6. The first-order valence-electron chi connectivity index (χ1n) is 9.34. The predicted octanol–water partition coefficient (Wildman–Crippen LogP) is 4.58. The molecule has 0 bridgehead atoms. The van der Waals surface area contributed by atoms with Gasteiger partial charge in [-0.3, -0.25) is 9.59 Å². The fraction of sp³-hybridized carbons (Fsp3) is 0.217. The van der Waals surface area contributed by atoms with Crippen molar-refractivity contribution in [1.29, 1.82) is 0 Å². The molecule has 0 radical (unpaired) electrons. The first-order valence-corrected chi connectivity index (χ1v) is 9.34. The normalized spacial score (nSPS) is 10.5. The number of carbonyl (C=O) groups excluding carboxylic acids is 2. The highest BCUT2D eigenvalue weighted by Crippen LogP contribution is 2.27. The summed E-state index contributed by atoms with van der Waals surface area (Å²) >= 11 is 0. The molecule has 0 aliphatic carbocycles. The van der Waals surface area contributed by atoms with Gasteiger partial charge in [0.1, 0.15) is 5.75 Å². The van der Waals surface area contributed by atoms with Crippen molar-refractivity contribution >= 4 is 28.3 Å². The standard InChI is InChI=1S/C23H24N2O3/c1-4-25(5-2)23(27)18-11-8-12-19(13-18)24-22(26)20-14-16-9-6-7-10-17(16)15-21(20)28-3/h6-15H,4-5H2,1-3H3,(H,24,26). The molecule has 3 rings (SSSR count). The summed E-state index contributed by atoms with van der Waals surface area (Å²) in [6, 6.07) is 18.5. The number of anilines is 1. The molecule has 0 aliphatic heterocycles. The summed E-state index contributed by atoms with van der Waals surface area (Å²) in [5.74, 6) is 0.172. The van der Waals surface area contributed by atoms with Crippen LogP contribution in [0, 0.1) is 0 Å². The number of ether oxygens (including phenoxy) is 1. The SMILES string of the molecule is CCN(CC)C(=O)c1cccc(NC(=O)c2cc3ccccc3cc2OC)c1. The van der Waals surface area contributed by atoms with Crippen LogP contribution in [0.15, 0.2) is 60.7 Å². The van der Waals surface area contributed by atoms with Crippen LogP contribution in [-0.4, -0.2) is 36.9 Å². The van der Waals surface area contributed by atoms with Crippen molar-refractivity contribution < 1.29 is 14.3 Å². The predicted molar refractivity (Wildman–Crippen MR) is 112 cm³/mol. The number of nitrogens with one attached hydrogen (secondary N) is 1. The van der Waals surface area contributed by atoms with Crippen LogP contribution < -0.4 is 10.1 Å². The van der Waals surface area contributed by atoms with E-state index in [0.717, 1.165) is 10.8 Å². The Labute approximate surface area is 164 Å². The van der Waals surface area contributed by atoms with Crippen LogP contribution in [0.2, 0.25) is 0 Å². The third-order valence-electron chi connectivity index (χ3n) is 4.73. The molecule has 0 spiro atoms. The van der Waals surface area contributed by atoms with Gasteiger partial charge in [0.25, 0.3) is 11.8 Å². The average molecular weight is 376 g/mol. The van der Waals surface area contributed by atoms with Gasteiger partial charge in [-0.05, 0) is 55.0 Å². The lowest BCUT2D eigenvalue weighted by atomic mass is 10.0. The fourth-order valence-electron chi connectivity index (χ4n) is 3.19. The maximum Gasteiger partial charge on any atom is 0.259 e. The van der Waals surface area contributed by atoms with Crippen molar-refractivity contribution in [3.05, 3.63) is 71.8 Å². The minimum atomic E-state index is -0.282. The van der Waals surface area contributed by atoms with Crippen molar-refractivity contribution in [3.63, 3.8) is 0 Å². The van der Waals surface area contributed by atoms with Crippen LogP contribution >= 0.6 is 0 Å². The summed E-state index contributed by atoms with van der Waals surface area (Å²) in [7, 11) is 1.55. The Morgan fingerprint density at radius 2 is 1.61 bits per heavy atom. The second kappa shape index (κ2) is 8.57. The second-order valence-corrected chi connectivity index (χ2v) is 6.41. The molecule has 0 aliphatic rings. The molecule has 0 heterocycles. The molecule has 0 unspecified atom stereocenters. The third kappa shape index (κ3) is 3.98. The van der Waals surface area contributed by atoms with Crippen LogP contribution in [0.5, 0.6) is 5.75 Å². The van der Waals surface area contributed by atoms with Crippen molar-refractivity contribution in [2.75, 3.05) is 25.5 Å². The Morgan fingerprint density at radius 1 is 0.929 bits per heavy atom. The Kier molecular flexibility index (Phi) is 5.94. The van der Waals surface area contributed by atoms with E-state index in [2.05, 4.69) is 5.32 Å². The van der Waals surface area contributed by atoms with E-state index < -0.39 is 0 Å². The van der Waals surface area contributed by atoms with Crippen molar-refractivity contribution in [1.82, 2.24) is 4.90 Å². The summed E-state index contributed by atoms with van der Waals surface area (Å²) in [4.78, 5) is 27.2. The van der Waals surface area contributed by atoms with E-state index in [1.54, 1.807) is 36.3 Å². The molecule has 28 heavy (non-hydrogen) atoms. The third-order valence-corrected chi connectivity index (χ3v) is 4.73. The molecule has 3 aromatic carbocycles. The van der Waals surface area contributed by atoms with Gasteiger partial charge in [-0.2, -0.15) is 0 Å². The molecule has 144 valence electrons. The van der Waals surface area contributed by atoms with E-state index in [1.165, 1.54) is 0 Å². The summed E-state index contributed by atoms with van der Waals surface area (Å²) in [5.41, 5.74) is 1.56. The molecule has 0 saturated heterocycles. The van der Waals surface area contributed by atoms with Crippen LogP contribution in [0.4, 0.5) is 5.69 Å². The molecule has 3 aromatic rings. The number of amides is 2. The molecule has 1 N–H and O–H groups in total. The smallest absolute Gasteiger partial charge is 0.259 e. The summed E-state index contributed by atoms with van der Waals surface area (Å²) in [5, 5.41) is 4.84. The number of hydrogen-bond donors (Lipinski definition) is 1. The quantitative estimate of drug-likeness (QED) is 0.685. The van der Waals surface area contributed by atoms with E-state index in [0.29, 0.717) is 35.7 Å². The molecule has 0 fully saturated rings. The maximum atomic E-state index is 12.9. The average Bonchev–Trinajstić information content (AvgIpc) is 2.73. The van der Waals surface area contributed by atoms with Crippen molar-refractivity contribution in [2.45, 2.75) is 13.8 Å². The minimum absolute atomic E-state index is 0.0515. The van der Waals surface area contributed by atoms with Gasteiger partial charge < -0.3 is 15.0 Å². The first kappa shape index (κ1) is 19.4. The molecule has 2 amide bonds. The lowest BCUT2D eigenvalue weighted by Gasteiger charge is -2.19. The number of methoxy groups -OCH3 is 1. The van der Waals surface area contributed by atoms with Crippen LogP contribution in [0.25, 0.3) is 10.8 Å². The number of nitrogens with zero attached hydrogens (tertiary/aromatic N) is 1. The van der Waals surface area contributed by atoms with Crippen molar-refractivity contribution in [2.24, 2.45) is 0 Å².